The number of aromatic nitrogens is 1. The standard InChI is InChI=1S/C18H23FN4S.HI/c1-13-5-4-8-21-17(13)11-23-18(20-2)22-10-14-6-7-16(19)9-15(14)12-24-3;/h4-9H,10-12H2,1-3H3,(H2,20,22,23);1H. The number of rotatable bonds is 6. The summed E-state index contributed by atoms with van der Waals surface area (Å²) in [5.41, 5.74) is 4.21. The Labute approximate surface area is 170 Å². The Morgan fingerprint density at radius 3 is 2.64 bits per heavy atom. The molecule has 0 unspecified atom stereocenters. The van der Waals surface area contributed by atoms with Crippen molar-refractivity contribution in [3.63, 3.8) is 0 Å². The molecule has 2 aromatic rings. The Bertz CT molecular complexity index is 709. The first-order chi connectivity index (χ1) is 11.6. The molecule has 0 atom stereocenters. The molecule has 2 rings (SSSR count). The van der Waals surface area contributed by atoms with Crippen molar-refractivity contribution < 1.29 is 4.39 Å². The van der Waals surface area contributed by atoms with Gasteiger partial charge in [0.2, 0.25) is 0 Å². The number of hydrogen-bond acceptors (Lipinski definition) is 3. The van der Waals surface area contributed by atoms with Gasteiger partial charge in [-0.2, -0.15) is 11.8 Å². The van der Waals surface area contributed by atoms with E-state index < -0.39 is 0 Å². The van der Waals surface area contributed by atoms with Crippen molar-refractivity contribution in [1.29, 1.82) is 0 Å². The van der Waals surface area contributed by atoms with Crippen LogP contribution in [0.25, 0.3) is 0 Å². The average molecular weight is 474 g/mol. The van der Waals surface area contributed by atoms with Crippen LogP contribution in [0.5, 0.6) is 0 Å². The van der Waals surface area contributed by atoms with Crippen molar-refractivity contribution in [2.45, 2.75) is 25.8 Å². The fraction of sp³-hybridized carbons (Fsp3) is 0.333. The van der Waals surface area contributed by atoms with Crippen LogP contribution in [0.4, 0.5) is 4.39 Å². The van der Waals surface area contributed by atoms with Gasteiger partial charge in [-0.05, 0) is 48.1 Å². The summed E-state index contributed by atoms with van der Waals surface area (Å²) in [5, 5.41) is 6.53. The van der Waals surface area contributed by atoms with Crippen molar-refractivity contribution in [3.05, 3.63) is 64.7 Å². The van der Waals surface area contributed by atoms with Crippen LogP contribution < -0.4 is 10.6 Å². The van der Waals surface area contributed by atoms with Crippen molar-refractivity contribution in [2.24, 2.45) is 4.99 Å². The molecule has 0 aliphatic heterocycles. The predicted molar refractivity (Wildman–Crippen MR) is 115 cm³/mol. The monoisotopic (exact) mass is 474 g/mol. The molecule has 0 radical (unpaired) electrons. The molecule has 0 saturated carbocycles. The molecule has 0 bridgehead atoms. The maximum Gasteiger partial charge on any atom is 0.191 e. The van der Waals surface area contributed by atoms with Crippen LogP contribution in [-0.2, 0) is 18.8 Å². The van der Waals surface area contributed by atoms with Gasteiger partial charge in [0.25, 0.3) is 0 Å². The number of nitrogens with zero attached hydrogens (tertiary/aromatic N) is 2. The maximum atomic E-state index is 13.4. The Morgan fingerprint density at radius 2 is 1.96 bits per heavy atom. The first kappa shape index (κ1) is 21.7. The van der Waals surface area contributed by atoms with Crippen molar-refractivity contribution in [1.82, 2.24) is 15.6 Å². The molecule has 1 aromatic carbocycles. The van der Waals surface area contributed by atoms with E-state index in [-0.39, 0.29) is 29.8 Å². The van der Waals surface area contributed by atoms with E-state index in [1.807, 2.05) is 31.4 Å². The van der Waals surface area contributed by atoms with E-state index in [0.29, 0.717) is 19.0 Å². The first-order valence-electron chi connectivity index (χ1n) is 7.75. The highest BCUT2D eigenvalue weighted by Gasteiger charge is 2.06. The number of nitrogens with one attached hydrogen (secondary N) is 2. The molecule has 25 heavy (non-hydrogen) atoms. The van der Waals surface area contributed by atoms with E-state index >= 15 is 0 Å². The lowest BCUT2D eigenvalue weighted by Gasteiger charge is -2.14. The van der Waals surface area contributed by atoms with E-state index in [1.165, 1.54) is 6.07 Å². The van der Waals surface area contributed by atoms with Crippen molar-refractivity contribution in [2.75, 3.05) is 13.3 Å². The molecule has 2 N–H and O–H groups in total. The molecule has 0 amide bonds. The van der Waals surface area contributed by atoms with Gasteiger partial charge < -0.3 is 10.6 Å². The van der Waals surface area contributed by atoms with Crippen LogP contribution in [0.3, 0.4) is 0 Å². The van der Waals surface area contributed by atoms with Crippen LogP contribution in [0.1, 0.15) is 22.4 Å². The molecule has 1 aromatic heterocycles. The fourth-order valence-electron chi connectivity index (χ4n) is 2.33. The van der Waals surface area contributed by atoms with Gasteiger partial charge in [-0.15, -0.1) is 24.0 Å². The van der Waals surface area contributed by atoms with Crippen LogP contribution in [0.2, 0.25) is 0 Å². The van der Waals surface area contributed by atoms with Gasteiger partial charge in [0.15, 0.2) is 5.96 Å². The zero-order chi connectivity index (χ0) is 17.4. The van der Waals surface area contributed by atoms with Gasteiger partial charge in [0.05, 0.1) is 12.2 Å². The lowest BCUT2D eigenvalue weighted by molar-refractivity contribution is 0.625. The topological polar surface area (TPSA) is 49.3 Å². The first-order valence-corrected chi connectivity index (χ1v) is 9.14. The number of guanidine groups is 1. The third-order valence-electron chi connectivity index (χ3n) is 3.68. The smallest absolute Gasteiger partial charge is 0.191 e. The third kappa shape index (κ3) is 6.81. The lowest BCUT2D eigenvalue weighted by Crippen LogP contribution is -2.36. The summed E-state index contributed by atoms with van der Waals surface area (Å²) >= 11 is 1.68. The van der Waals surface area contributed by atoms with E-state index in [4.69, 9.17) is 0 Å². The van der Waals surface area contributed by atoms with Gasteiger partial charge in [-0.1, -0.05) is 12.1 Å². The Morgan fingerprint density at radius 1 is 1.20 bits per heavy atom. The largest absolute Gasteiger partial charge is 0.352 e. The number of thioether (sulfide) groups is 1. The number of pyridine rings is 1. The van der Waals surface area contributed by atoms with Crippen molar-refractivity contribution >= 4 is 41.7 Å². The normalized spacial score (nSPS) is 11.0. The van der Waals surface area contributed by atoms with Gasteiger partial charge in [-0.25, -0.2) is 4.39 Å². The minimum Gasteiger partial charge on any atom is -0.352 e. The molecular formula is C18H24FIN4S. The van der Waals surface area contributed by atoms with Crippen molar-refractivity contribution in [3.8, 4) is 0 Å². The van der Waals surface area contributed by atoms with Crippen LogP contribution in [0.15, 0.2) is 41.5 Å². The molecule has 1 heterocycles. The van der Waals surface area contributed by atoms with Gasteiger partial charge in [0, 0.05) is 25.5 Å². The molecular weight excluding hydrogens is 450 g/mol. The van der Waals surface area contributed by atoms with Crippen LogP contribution in [0, 0.1) is 12.7 Å². The Balaban J connectivity index is 0.00000312. The number of halogens is 2. The number of hydrogen-bond donors (Lipinski definition) is 2. The molecule has 7 heteroatoms. The highest BCUT2D eigenvalue weighted by molar-refractivity contribution is 14.0. The lowest BCUT2D eigenvalue weighted by atomic mass is 10.1. The summed E-state index contributed by atoms with van der Waals surface area (Å²) in [6.45, 7) is 3.23. The maximum absolute atomic E-state index is 13.4. The number of aliphatic imine (C=N–C) groups is 1. The van der Waals surface area contributed by atoms with Crippen LogP contribution >= 0.6 is 35.7 Å². The summed E-state index contributed by atoms with van der Waals surface area (Å²) < 4.78 is 13.4. The molecule has 0 spiro atoms. The van der Waals surface area contributed by atoms with Gasteiger partial charge in [0.1, 0.15) is 5.82 Å². The zero-order valence-corrected chi connectivity index (χ0v) is 17.8. The molecule has 0 saturated heterocycles. The Hall–Kier alpha value is -1.35. The SMILES string of the molecule is CN=C(NCc1ccc(F)cc1CSC)NCc1ncccc1C.I. The third-order valence-corrected chi connectivity index (χ3v) is 4.28. The minimum absolute atomic E-state index is 0. The summed E-state index contributed by atoms with van der Waals surface area (Å²) in [4.78, 5) is 8.59. The summed E-state index contributed by atoms with van der Waals surface area (Å²) in [5.74, 6) is 1.28. The second-order valence-corrected chi connectivity index (χ2v) is 6.26. The van der Waals surface area contributed by atoms with Gasteiger partial charge >= 0.3 is 0 Å². The molecule has 0 aliphatic rings. The van der Waals surface area contributed by atoms with E-state index in [9.17, 15) is 4.39 Å². The quantitative estimate of drug-likeness (QED) is 0.379. The highest BCUT2D eigenvalue weighted by atomic mass is 127. The minimum atomic E-state index is -0.198. The molecule has 136 valence electrons. The molecule has 4 nitrogen and oxygen atoms in total. The van der Waals surface area contributed by atoms with E-state index in [1.54, 1.807) is 31.1 Å². The number of aryl methyl sites for hydroxylation is 1. The van der Waals surface area contributed by atoms with E-state index in [0.717, 1.165) is 28.1 Å². The Kier molecular flexibility index (Phi) is 9.81. The predicted octanol–water partition coefficient (Wildman–Crippen LogP) is 3.88. The van der Waals surface area contributed by atoms with Gasteiger partial charge in [-0.3, -0.25) is 9.98 Å². The van der Waals surface area contributed by atoms with E-state index in [2.05, 4.69) is 20.6 Å². The summed E-state index contributed by atoms with van der Waals surface area (Å²) in [6.07, 6.45) is 3.80. The second-order valence-electron chi connectivity index (χ2n) is 5.39. The summed E-state index contributed by atoms with van der Waals surface area (Å²) in [7, 11) is 1.73. The highest BCUT2D eigenvalue weighted by Crippen LogP contribution is 2.16. The second kappa shape index (κ2) is 11.3. The molecule has 0 aliphatic carbocycles. The molecule has 0 fully saturated rings. The number of benzene rings is 1. The zero-order valence-electron chi connectivity index (χ0n) is 14.7. The van der Waals surface area contributed by atoms with Crippen LogP contribution in [-0.4, -0.2) is 24.2 Å². The fourth-order valence-corrected chi connectivity index (χ4v) is 2.91. The summed E-state index contributed by atoms with van der Waals surface area (Å²) in [6, 6.07) is 8.88. The average Bonchev–Trinajstić information content (AvgIpc) is 2.58.